The highest BCUT2D eigenvalue weighted by Crippen LogP contribution is 2.17. The molecule has 0 fully saturated rings. The van der Waals surface area contributed by atoms with Gasteiger partial charge in [-0.2, -0.15) is 0 Å². The van der Waals surface area contributed by atoms with Gasteiger partial charge in [-0.1, -0.05) is 13.5 Å². The van der Waals surface area contributed by atoms with Gasteiger partial charge in [-0.05, 0) is 24.0 Å². The van der Waals surface area contributed by atoms with Crippen LogP contribution in [0.1, 0.15) is 27.2 Å². The Hall–Kier alpha value is -0.440. The molecule has 2 nitrogen and oxygen atoms in total. The molecule has 0 aromatic rings. The average Bonchev–Trinajstić information content (AvgIpc) is 1.98. The second-order valence-corrected chi connectivity index (χ2v) is 3.96. The minimum atomic E-state index is 0.000693. The SMILES string of the molecule is C=C(SCCC)C(C)NC(C)=O. The molecule has 0 aromatic carbocycles. The Labute approximate surface area is 78.8 Å². The van der Waals surface area contributed by atoms with Crippen molar-refractivity contribution in [1.29, 1.82) is 0 Å². The molecular weight excluding hydrogens is 170 g/mol. The predicted octanol–water partition coefficient (Wildman–Crippen LogP) is 2.17. The summed E-state index contributed by atoms with van der Waals surface area (Å²) in [6.45, 7) is 9.49. The molecule has 0 aromatic heterocycles. The fourth-order valence-electron chi connectivity index (χ4n) is 0.744. The molecule has 1 unspecified atom stereocenters. The standard InChI is InChI=1S/C9H17NOS/c1-5-6-12-8(3)7(2)10-9(4)11/h7H,3,5-6H2,1-2,4H3,(H,10,11). The van der Waals surface area contributed by atoms with E-state index >= 15 is 0 Å². The van der Waals surface area contributed by atoms with E-state index in [4.69, 9.17) is 0 Å². The van der Waals surface area contributed by atoms with E-state index in [-0.39, 0.29) is 11.9 Å². The van der Waals surface area contributed by atoms with Crippen LogP contribution >= 0.6 is 11.8 Å². The van der Waals surface area contributed by atoms with Crippen molar-refractivity contribution in [2.24, 2.45) is 0 Å². The highest BCUT2D eigenvalue weighted by Gasteiger charge is 2.06. The van der Waals surface area contributed by atoms with Crippen LogP contribution < -0.4 is 5.32 Å². The van der Waals surface area contributed by atoms with Crippen molar-refractivity contribution in [3.05, 3.63) is 11.5 Å². The molecule has 70 valence electrons. The molecule has 3 heteroatoms. The molecule has 0 bridgehead atoms. The van der Waals surface area contributed by atoms with Gasteiger partial charge in [0.1, 0.15) is 0 Å². The second-order valence-electron chi connectivity index (χ2n) is 2.74. The van der Waals surface area contributed by atoms with Gasteiger partial charge in [0.25, 0.3) is 0 Å². The molecule has 0 heterocycles. The van der Waals surface area contributed by atoms with Gasteiger partial charge >= 0.3 is 0 Å². The summed E-state index contributed by atoms with van der Waals surface area (Å²) in [7, 11) is 0. The maximum atomic E-state index is 10.7. The third-order valence-corrected chi connectivity index (χ3v) is 2.73. The lowest BCUT2D eigenvalue weighted by atomic mass is 10.3. The van der Waals surface area contributed by atoms with Crippen molar-refractivity contribution in [2.45, 2.75) is 33.2 Å². The number of nitrogens with one attached hydrogen (secondary N) is 1. The van der Waals surface area contributed by atoms with E-state index in [1.165, 1.54) is 6.92 Å². The fourth-order valence-corrected chi connectivity index (χ4v) is 1.52. The smallest absolute Gasteiger partial charge is 0.217 e. The predicted molar refractivity (Wildman–Crippen MR) is 55.2 cm³/mol. The van der Waals surface area contributed by atoms with Crippen molar-refractivity contribution in [3.8, 4) is 0 Å². The van der Waals surface area contributed by atoms with Crippen molar-refractivity contribution in [3.63, 3.8) is 0 Å². The number of hydrogen-bond acceptors (Lipinski definition) is 2. The molecule has 0 aliphatic carbocycles. The van der Waals surface area contributed by atoms with Gasteiger partial charge in [0.05, 0.1) is 6.04 Å². The number of rotatable bonds is 5. The van der Waals surface area contributed by atoms with E-state index in [1.807, 2.05) is 6.92 Å². The second kappa shape index (κ2) is 6.12. The van der Waals surface area contributed by atoms with Gasteiger partial charge < -0.3 is 5.32 Å². The summed E-state index contributed by atoms with van der Waals surface area (Å²) in [5.74, 6) is 1.07. The largest absolute Gasteiger partial charge is 0.349 e. The summed E-state index contributed by atoms with van der Waals surface area (Å²) in [6, 6.07) is 0.0825. The topological polar surface area (TPSA) is 29.1 Å². The quantitative estimate of drug-likeness (QED) is 0.714. The molecule has 0 saturated heterocycles. The van der Waals surface area contributed by atoms with Crippen LogP contribution in [0, 0.1) is 0 Å². The van der Waals surface area contributed by atoms with E-state index in [2.05, 4.69) is 18.8 Å². The average molecular weight is 187 g/mol. The van der Waals surface area contributed by atoms with Gasteiger partial charge in [0, 0.05) is 6.92 Å². The van der Waals surface area contributed by atoms with Crippen LogP contribution in [0.3, 0.4) is 0 Å². The molecule has 0 spiro atoms. The third-order valence-electron chi connectivity index (χ3n) is 1.39. The first-order chi connectivity index (χ1) is 5.57. The minimum absolute atomic E-state index is 0.000693. The molecule has 0 aliphatic heterocycles. The normalized spacial score (nSPS) is 12.2. The molecule has 0 aliphatic rings. The van der Waals surface area contributed by atoms with E-state index in [0.717, 1.165) is 17.1 Å². The zero-order valence-electron chi connectivity index (χ0n) is 8.02. The van der Waals surface area contributed by atoms with Gasteiger partial charge in [-0.25, -0.2) is 0 Å². The summed E-state index contributed by atoms with van der Waals surface area (Å²) in [6.07, 6.45) is 1.14. The summed E-state index contributed by atoms with van der Waals surface area (Å²) in [4.78, 5) is 11.7. The Morgan fingerprint density at radius 3 is 2.67 bits per heavy atom. The lowest BCUT2D eigenvalue weighted by molar-refractivity contribution is -0.119. The van der Waals surface area contributed by atoms with Crippen LogP contribution in [0.25, 0.3) is 0 Å². The monoisotopic (exact) mass is 187 g/mol. The number of carbonyl (C=O) groups is 1. The van der Waals surface area contributed by atoms with E-state index in [1.54, 1.807) is 11.8 Å². The highest BCUT2D eigenvalue weighted by molar-refractivity contribution is 8.03. The van der Waals surface area contributed by atoms with E-state index in [0.29, 0.717) is 0 Å². The minimum Gasteiger partial charge on any atom is -0.349 e. The zero-order valence-corrected chi connectivity index (χ0v) is 8.83. The lowest BCUT2D eigenvalue weighted by Gasteiger charge is -2.14. The van der Waals surface area contributed by atoms with Crippen LogP contribution in [0.2, 0.25) is 0 Å². The Morgan fingerprint density at radius 1 is 1.67 bits per heavy atom. The maximum absolute atomic E-state index is 10.7. The number of carbonyl (C=O) groups excluding carboxylic acids is 1. The van der Waals surface area contributed by atoms with Crippen LogP contribution in [0.5, 0.6) is 0 Å². The Kier molecular flexibility index (Phi) is 5.89. The van der Waals surface area contributed by atoms with E-state index in [9.17, 15) is 4.79 Å². The van der Waals surface area contributed by atoms with Crippen molar-refractivity contribution in [2.75, 3.05) is 5.75 Å². The van der Waals surface area contributed by atoms with Crippen molar-refractivity contribution < 1.29 is 4.79 Å². The molecule has 0 rings (SSSR count). The van der Waals surface area contributed by atoms with Crippen LogP contribution in [0.4, 0.5) is 0 Å². The molecular formula is C9H17NOS. The van der Waals surface area contributed by atoms with E-state index < -0.39 is 0 Å². The zero-order chi connectivity index (χ0) is 9.56. The first-order valence-corrected chi connectivity index (χ1v) is 5.15. The molecule has 1 N–H and O–H groups in total. The van der Waals surface area contributed by atoms with Crippen molar-refractivity contribution in [1.82, 2.24) is 5.32 Å². The van der Waals surface area contributed by atoms with Crippen molar-refractivity contribution >= 4 is 17.7 Å². The molecule has 0 radical (unpaired) electrons. The van der Waals surface area contributed by atoms with Gasteiger partial charge in [0.2, 0.25) is 5.91 Å². The Morgan fingerprint density at radius 2 is 2.25 bits per heavy atom. The van der Waals surface area contributed by atoms with Crippen LogP contribution in [-0.4, -0.2) is 17.7 Å². The molecule has 12 heavy (non-hydrogen) atoms. The molecule has 1 amide bonds. The van der Waals surface area contributed by atoms with Gasteiger partial charge in [0.15, 0.2) is 0 Å². The summed E-state index contributed by atoms with van der Waals surface area (Å²) < 4.78 is 0. The summed E-state index contributed by atoms with van der Waals surface area (Å²) in [5, 5.41) is 2.79. The lowest BCUT2D eigenvalue weighted by Crippen LogP contribution is -2.30. The van der Waals surface area contributed by atoms with Crippen LogP contribution in [-0.2, 0) is 4.79 Å². The Bertz CT molecular complexity index is 168. The number of thioether (sulfide) groups is 1. The first kappa shape index (κ1) is 11.6. The highest BCUT2D eigenvalue weighted by atomic mass is 32.2. The molecule has 0 saturated carbocycles. The molecule has 1 atom stereocenters. The Balaban J connectivity index is 3.69. The van der Waals surface area contributed by atoms with Gasteiger partial charge in [-0.15, -0.1) is 11.8 Å². The summed E-state index contributed by atoms with van der Waals surface area (Å²) in [5.41, 5.74) is 0. The van der Waals surface area contributed by atoms with Crippen LogP contribution in [0.15, 0.2) is 11.5 Å². The fraction of sp³-hybridized carbons (Fsp3) is 0.667. The number of amides is 1. The first-order valence-electron chi connectivity index (χ1n) is 4.16. The summed E-state index contributed by atoms with van der Waals surface area (Å²) >= 11 is 1.72. The third kappa shape index (κ3) is 5.24. The van der Waals surface area contributed by atoms with Gasteiger partial charge in [-0.3, -0.25) is 4.79 Å². The maximum Gasteiger partial charge on any atom is 0.217 e. The number of hydrogen-bond donors (Lipinski definition) is 1.